The molecule has 0 unspecified atom stereocenters. The summed E-state index contributed by atoms with van der Waals surface area (Å²) in [6, 6.07) is 7.97. The van der Waals surface area contributed by atoms with Crippen LogP contribution in [0.5, 0.6) is 5.75 Å². The number of hydrogen-bond acceptors (Lipinski definition) is 5. The van der Waals surface area contributed by atoms with Gasteiger partial charge in [-0.05, 0) is 30.3 Å². The summed E-state index contributed by atoms with van der Waals surface area (Å²) >= 11 is 3.14. The lowest BCUT2D eigenvalue weighted by molar-refractivity contribution is -0.385. The maximum atomic E-state index is 12.4. The predicted octanol–water partition coefficient (Wildman–Crippen LogP) is 3.32. The Morgan fingerprint density at radius 1 is 1.21 bits per heavy atom. The average Bonchev–Trinajstić information content (AvgIpc) is 2.55. The lowest BCUT2D eigenvalue weighted by Crippen LogP contribution is -2.16. The van der Waals surface area contributed by atoms with Gasteiger partial charge in [0.2, 0.25) is 0 Å². The molecule has 9 heteroatoms. The fraction of sp³-hybridized carbons (Fsp3) is 0.0667. The molecule has 24 heavy (non-hydrogen) atoms. The fourth-order valence-corrected chi connectivity index (χ4v) is 2.34. The van der Waals surface area contributed by atoms with E-state index in [-0.39, 0.29) is 22.6 Å². The zero-order valence-electron chi connectivity index (χ0n) is 12.3. The van der Waals surface area contributed by atoms with Crippen LogP contribution in [0, 0.1) is 10.1 Å². The highest BCUT2D eigenvalue weighted by Gasteiger charge is 2.22. The number of carboxylic acids is 1. The van der Waals surface area contributed by atoms with Crippen LogP contribution < -0.4 is 10.1 Å². The zero-order valence-corrected chi connectivity index (χ0v) is 13.9. The van der Waals surface area contributed by atoms with E-state index < -0.39 is 22.5 Å². The van der Waals surface area contributed by atoms with E-state index in [1.807, 2.05) is 0 Å². The van der Waals surface area contributed by atoms with Crippen molar-refractivity contribution in [3.63, 3.8) is 0 Å². The van der Waals surface area contributed by atoms with E-state index in [0.29, 0.717) is 4.47 Å². The van der Waals surface area contributed by atoms with E-state index in [9.17, 15) is 24.8 Å². The summed E-state index contributed by atoms with van der Waals surface area (Å²) in [6.45, 7) is 0. The third-order valence-corrected chi connectivity index (χ3v) is 3.60. The molecule has 0 bridgehead atoms. The summed E-state index contributed by atoms with van der Waals surface area (Å²) in [7, 11) is 1.36. The lowest BCUT2D eigenvalue weighted by atomic mass is 10.1. The maximum Gasteiger partial charge on any atom is 0.337 e. The number of methoxy groups -OCH3 is 1. The third kappa shape index (κ3) is 3.69. The van der Waals surface area contributed by atoms with Gasteiger partial charge >= 0.3 is 5.97 Å². The van der Waals surface area contributed by atoms with E-state index in [1.165, 1.54) is 31.4 Å². The van der Waals surface area contributed by atoms with Gasteiger partial charge in [-0.25, -0.2) is 4.79 Å². The first-order chi connectivity index (χ1) is 11.3. The van der Waals surface area contributed by atoms with Crippen LogP contribution in [0.3, 0.4) is 0 Å². The van der Waals surface area contributed by atoms with Gasteiger partial charge in [0.25, 0.3) is 11.6 Å². The van der Waals surface area contributed by atoms with Gasteiger partial charge in [0.05, 0.1) is 23.3 Å². The number of halogens is 1. The molecule has 0 radical (unpaired) electrons. The monoisotopic (exact) mass is 394 g/mol. The number of aromatic carboxylic acids is 1. The van der Waals surface area contributed by atoms with Crippen molar-refractivity contribution < 1.29 is 24.4 Å². The number of nitrogens with one attached hydrogen (secondary N) is 1. The summed E-state index contributed by atoms with van der Waals surface area (Å²) in [5.41, 5.74) is -0.781. The van der Waals surface area contributed by atoms with Crippen LogP contribution in [-0.2, 0) is 0 Å². The fourth-order valence-electron chi connectivity index (χ4n) is 1.98. The second kappa shape index (κ2) is 7.09. The summed E-state index contributed by atoms with van der Waals surface area (Å²) < 4.78 is 5.48. The quantitative estimate of drug-likeness (QED) is 0.592. The molecule has 0 heterocycles. The summed E-state index contributed by atoms with van der Waals surface area (Å²) in [6.07, 6.45) is 0. The van der Waals surface area contributed by atoms with Crippen LogP contribution in [0.2, 0.25) is 0 Å². The molecule has 0 aliphatic carbocycles. The Morgan fingerprint density at radius 2 is 1.92 bits per heavy atom. The molecular weight excluding hydrogens is 384 g/mol. The number of nitro benzene ring substituents is 1. The van der Waals surface area contributed by atoms with Crippen molar-refractivity contribution >= 4 is 39.2 Å². The number of nitrogens with zero attached hydrogens (tertiary/aromatic N) is 1. The number of carbonyl (C=O) groups is 2. The SMILES string of the molecule is COc1ccc([N+](=O)[O-])c(C(=O)Nc2ccc(Br)cc2C(=O)O)c1. The smallest absolute Gasteiger partial charge is 0.337 e. The molecule has 0 atom stereocenters. The Balaban J connectivity index is 2.44. The number of hydrogen-bond donors (Lipinski definition) is 2. The molecule has 0 aliphatic heterocycles. The number of rotatable bonds is 5. The van der Waals surface area contributed by atoms with Crippen molar-refractivity contribution in [1.29, 1.82) is 0 Å². The molecule has 0 saturated carbocycles. The third-order valence-electron chi connectivity index (χ3n) is 3.11. The van der Waals surface area contributed by atoms with E-state index in [2.05, 4.69) is 21.2 Å². The Labute approximate surface area is 144 Å². The molecule has 8 nitrogen and oxygen atoms in total. The average molecular weight is 395 g/mol. The van der Waals surface area contributed by atoms with Crippen molar-refractivity contribution in [3.8, 4) is 5.75 Å². The number of anilines is 1. The Kier molecular flexibility index (Phi) is 5.14. The van der Waals surface area contributed by atoms with Gasteiger partial charge < -0.3 is 15.2 Å². The molecule has 0 aliphatic rings. The molecular formula is C15H11BrN2O6. The minimum absolute atomic E-state index is 0.0211. The van der Waals surface area contributed by atoms with Crippen LogP contribution in [0.15, 0.2) is 40.9 Å². The molecule has 2 aromatic carbocycles. The first-order valence-electron chi connectivity index (χ1n) is 6.50. The number of benzene rings is 2. The predicted molar refractivity (Wildman–Crippen MR) is 88.7 cm³/mol. The molecule has 124 valence electrons. The minimum Gasteiger partial charge on any atom is -0.497 e. The van der Waals surface area contributed by atoms with Crippen LogP contribution in [0.1, 0.15) is 20.7 Å². The van der Waals surface area contributed by atoms with Crippen LogP contribution in [0.4, 0.5) is 11.4 Å². The van der Waals surface area contributed by atoms with Gasteiger partial charge in [0.1, 0.15) is 11.3 Å². The molecule has 0 spiro atoms. The normalized spacial score (nSPS) is 10.1. The molecule has 1 amide bonds. The van der Waals surface area contributed by atoms with E-state index in [4.69, 9.17) is 4.74 Å². The van der Waals surface area contributed by atoms with Crippen LogP contribution in [-0.4, -0.2) is 29.0 Å². The standard InChI is InChI=1S/C15H11BrN2O6/c1-24-9-3-5-13(18(22)23)11(7-9)14(19)17-12-4-2-8(16)6-10(12)15(20)21/h2-7H,1H3,(H,17,19)(H,20,21). The second-order valence-electron chi connectivity index (χ2n) is 4.59. The van der Waals surface area contributed by atoms with Gasteiger partial charge in [0.15, 0.2) is 0 Å². The molecule has 2 aromatic rings. The molecule has 0 fully saturated rings. The van der Waals surface area contributed by atoms with Crippen molar-refractivity contribution in [1.82, 2.24) is 0 Å². The summed E-state index contributed by atoms with van der Waals surface area (Å²) in [5.74, 6) is -1.79. The number of carboxylic acid groups (broad SMARTS) is 1. The number of carbonyl (C=O) groups excluding carboxylic acids is 1. The molecule has 2 N–H and O–H groups in total. The van der Waals surface area contributed by atoms with Crippen molar-refractivity contribution in [2.75, 3.05) is 12.4 Å². The number of ether oxygens (including phenoxy) is 1. The van der Waals surface area contributed by atoms with Gasteiger partial charge in [-0.15, -0.1) is 0 Å². The lowest BCUT2D eigenvalue weighted by Gasteiger charge is -2.10. The maximum absolute atomic E-state index is 12.4. The van der Waals surface area contributed by atoms with E-state index in [0.717, 1.165) is 6.07 Å². The van der Waals surface area contributed by atoms with Gasteiger partial charge in [-0.2, -0.15) is 0 Å². The second-order valence-corrected chi connectivity index (χ2v) is 5.51. The van der Waals surface area contributed by atoms with Crippen LogP contribution >= 0.6 is 15.9 Å². The summed E-state index contributed by atoms with van der Waals surface area (Å²) in [5, 5.41) is 22.7. The Bertz CT molecular complexity index is 837. The first kappa shape index (κ1) is 17.4. The molecule has 0 aromatic heterocycles. The number of amides is 1. The summed E-state index contributed by atoms with van der Waals surface area (Å²) in [4.78, 5) is 34.0. The largest absolute Gasteiger partial charge is 0.497 e. The first-order valence-corrected chi connectivity index (χ1v) is 7.29. The van der Waals surface area contributed by atoms with Crippen molar-refractivity contribution in [2.24, 2.45) is 0 Å². The topological polar surface area (TPSA) is 119 Å². The molecule has 2 rings (SSSR count). The number of nitro groups is 1. The highest BCUT2D eigenvalue weighted by atomic mass is 79.9. The minimum atomic E-state index is -1.24. The zero-order chi connectivity index (χ0) is 17.9. The van der Waals surface area contributed by atoms with Crippen molar-refractivity contribution in [3.05, 3.63) is 62.1 Å². The Morgan fingerprint density at radius 3 is 2.50 bits per heavy atom. The van der Waals surface area contributed by atoms with Gasteiger partial charge in [-0.1, -0.05) is 15.9 Å². The van der Waals surface area contributed by atoms with E-state index in [1.54, 1.807) is 6.07 Å². The highest BCUT2D eigenvalue weighted by Crippen LogP contribution is 2.26. The van der Waals surface area contributed by atoms with Gasteiger partial charge in [0, 0.05) is 10.5 Å². The highest BCUT2D eigenvalue weighted by molar-refractivity contribution is 9.10. The van der Waals surface area contributed by atoms with Crippen LogP contribution in [0.25, 0.3) is 0 Å². The molecule has 0 saturated heterocycles. The van der Waals surface area contributed by atoms with Crippen molar-refractivity contribution in [2.45, 2.75) is 0 Å². The Hall–Kier alpha value is -2.94. The van der Waals surface area contributed by atoms with E-state index >= 15 is 0 Å². The van der Waals surface area contributed by atoms with Gasteiger partial charge in [-0.3, -0.25) is 14.9 Å².